The molecule has 0 saturated carbocycles. The van der Waals surface area contributed by atoms with Crippen LogP contribution in [0.3, 0.4) is 0 Å². The smallest absolute Gasteiger partial charge is 0.203 e. The molecule has 0 aromatic heterocycles. The van der Waals surface area contributed by atoms with Gasteiger partial charge >= 0.3 is 0 Å². The van der Waals surface area contributed by atoms with Crippen LogP contribution in [-0.4, -0.2) is 28.4 Å². The second-order valence-electron chi connectivity index (χ2n) is 5.82. The van der Waals surface area contributed by atoms with Gasteiger partial charge in [-0.2, -0.15) is 0 Å². The van der Waals surface area contributed by atoms with Gasteiger partial charge < -0.3 is 24.7 Å². The molecular formula is C20H23NO4. The number of fused-ring (bicyclic) bond motifs is 1. The number of methoxy groups -OCH3 is 4. The van der Waals surface area contributed by atoms with E-state index >= 15 is 0 Å². The van der Waals surface area contributed by atoms with Crippen molar-refractivity contribution in [2.75, 3.05) is 34.2 Å². The second-order valence-corrected chi connectivity index (χ2v) is 5.82. The molecule has 0 amide bonds. The molecule has 2 N–H and O–H groups in total. The quantitative estimate of drug-likeness (QED) is 0.841. The molecule has 0 bridgehead atoms. The van der Waals surface area contributed by atoms with Crippen LogP contribution in [0.2, 0.25) is 0 Å². The number of hydrogen-bond acceptors (Lipinski definition) is 5. The SMILES string of the molecule is COc1cc2c(cc1N)C(c1cc(OC)c(OC)c(OC)c1)=CCC2. The summed E-state index contributed by atoms with van der Waals surface area (Å²) in [5.41, 5.74) is 11.2. The van der Waals surface area contributed by atoms with E-state index < -0.39 is 0 Å². The summed E-state index contributed by atoms with van der Waals surface area (Å²) < 4.78 is 21.7. The van der Waals surface area contributed by atoms with E-state index in [2.05, 4.69) is 6.08 Å². The first-order valence-electron chi connectivity index (χ1n) is 8.10. The van der Waals surface area contributed by atoms with E-state index in [-0.39, 0.29) is 0 Å². The lowest BCUT2D eigenvalue weighted by Crippen LogP contribution is -2.05. The number of anilines is 1. The van der Waals surface area contributed by atoms with Gasteiger partial charge in [-0.05, 0) is 59.4 Å². The van der Waals surface area contributed by atoms with E-state index in [4.69, 9.17) is 24.7 Å². The molecule has 25 heavy (non-hydrogen) atoms. The van der Waals surface area contributed by atoms with Gasteiger partial charge in [0.1, 0.15) is 5.75 Å². The number of nitrogen functional groups attached to an aromatic ring is 1. The first kappa shape index (κ1) is 17.0. The van der Waals surface area contributed by atoms with Gasteiger partial charge in [0.25, 0.3) is 0 Å². The Kier molecular flexibility index (Phi) is 4.74. The summed E-state index contributed by atoms with van der Waals surface area (Å²) in [6.07, 6.45) is 4.13. The van der Waals surface area contributed by atoms with Crippen molar-refractivity contribution >= 4 is 11.3 Å². The lowest BCUT2D eigenvalue weighted by Gasteiger charge is -2.22. The van der Waals surface area contributed by atoms with Crippen LogP contribution in [-0.2, 0) is 6.42 Å². The maximum Gasteiger partial charge on any atom is 0.203 e. The van der Waals surface area contributed by atoms with Crippen LogP contribution in [0.25, 0.3) is 5.57 Å². The first-order valence-corrected chi connectivity index (χ1v) is 8.10. The van der Waals surface area contributed by atoms with Gasteiger partial charge in [0, 0.05) is 0 Å². The fraction of sp³-hybridized carbons (Fsp3) is 0.300. The highest BCUT2D eigenvalue weighted by Crippen LogP contribution is 2.43. The Balaban J connectivity index is 2.15. The summed E-state index contributed by atoms with van der Waals surface area (Å²) in [6.45, 7) is 0. The van der Waals surface area contributed by atoms with Crippen molar-refractivity contribution in [3.63, 3.8) is 0 Å². The Morgan fingerprint density at radius 1 is 0.800 bits per heavy atom. The molecule has 0 unspecified atom stereocenters. The zero-order chi connectivity index (χ0) is 18.0. The van der Waals surface area contributed by atoms with Gasteiger partial charge in [-0.25, -0.2) is 0 Å². The Hall–Kier alpha value is -2.82. The molecule has 0 atom stereocenters. The van der Waals surface area contributed by atoms with E-state index in [9.17, 15) is 0 Å². The van der Waals surface area contributed by atoms with Crippen LogP contribution in [0.15, 0.2) is 30.3 Å². The minimum Gasteiger partial charge on any atom is -0.495 e. The number of nitrogens with two attached hydrogens (primary N) is 1. The fourth-order valence-electron chi connectivity index (χ4n) is 3.26. The summed E-state index contributed by atoms with van der Waals surface area (Å²) in [4.78, 5) is 0. The summed E-state index contributed by atoms with van der Waals surface area (Å²) in [5.74, 6) is 2.56. The highest BCUT2D eigenvalue weighted by atomic mass is 16.5. The van der Waals surface area contributed by atoms with Gasteiger partial charge in [-0.3, -0.25) is 0 Å². The number of benzene rings is 2. The fourth-order valence-corrected chi connectivity index (χ4v) is 3.26. The Labute approximate surface area is 148 Å². The first-order chi connectivity index (χ1) is 12.1. The lowest BCUT2D eigenvalue weighted by atomic mass is 9.86. The number of hydrogen-bond donors (Lipinski definition) is 1. The van der Waals surface area contributed by atoms with E-state index in [1.807, 2.05) is 24.3 Å². The van der Waals surface area contributed by atoms with Gasteiger partial charge in [0.15, 0.2) is 11.5 Å². The van der Waals surface area contributed by atoms with Gasteiger partial charge in [-0.1, -0.05) is 6.08 Å². The van der Waals surface area contributed by atoms with Crippen molar-refractivity contribution in [2.45, 2.75) is 12.8 Å². The van der Waals surface area contributed by atoms with Crippen LogP contribution in [0, 0.1) is 0 Å². The molecule has 2 aromatic rings. The zero-order valence-corrected chi connectivity index (χ0v) is 15.0. The van der Waals surface area contributed by atoms with Crippen LogP contribution in [0.5, 0.6) is 23.0 Å². The minimum atomic E-state index is 0.583. The highest BCUT2D eigenvalue weighted by Gasteiger charge is 2.20. The van der Waals surface area contributed by atoms with E-state index in [1.54, 1.807) is 28.4 Å². The topological polar surface area (TPSA) is 62.9 Å². The molecule has 0 spiro atoms. The molecular weight excluding hydrogens is 318 g/mol. The third-order valence-corrected chi connectivity index (χ3v) is 4.48. The van der Waals surface area contributed by atoms with Crippen molar-refractivity contribution in [1.29, 1.82) is 0 Å². The lowest BCUT2D eigenvalue weighted by molar-refractivity contribution is 0.324. The van der Waals surface area contributed by atoms with Crippen molar-refractivity contribution in [3.05, 3.63) is 47.0 Å². The average molecular weight is 341 g/mol. The van der Waals surface area contributed by atoms with E-state index in [0.717, 1.165) is 29.5 Å². The maximum absolute atomic E-state index is 6.13. The minimum absolute atomic E-state index is 0.583. The third-order valence-electron chi connectivity index (χ3n) is 4.48. The standard InChI is InChI=1S/C20H23NO4/c1-22-17-8-12-6-5-7-14(15(12)11-16(17)21)13-9-18(23-2)20(25-4)19(10-13)24-3/h7-11H,5-6,21H2,1-4H3. The number of rotatable bonds is 5. The molecule has 0 saturated heterocycles. The van der Waals surface area contributed by atoms with Crippen LogP contribution in [0.4, 0.5) is 5.69 Å². The Morgan fingerprint density at radius 3 is 2.00 bits per heavy atom. The summed E-state index contributed by atoms with van der Waals surface area (Å²) in [5, 5.41) is 0. The van der Waals surface area contributed by atoms with Crippen molar-refractivity contribution in [2.24, 2.45) is 0 Å². The molecule has 0 radical (unpaired) electrons. The molecule has 2 aromatic carbocycles. The number of ether oxygens (including phenoxy) is 4. The van der Waals surface area contributed by atoms with Crippen molar-refractivity contribution in [3.8, 4) is 23.0 Å². The summed E-state index contributed by atoms with van der Waals surface area (Å²) in [7, 11) is 6.47. The maximum atomic E-state index is 6.13. The average Bonchev–Trinajstić information content (AvgIpc) is 2.65. The number of aryl methyl sites for hydroxylation is 1. The summed E-state index contributed by atoms with van der Waals surface area (Å²) in [6, 6.07) is 7.92. The Bertz CT molecular complexity index is 802. The van der Waals surface area contributed by atoms with Crippen LogP contribution < -0.4 is 24.7 Å². The van der Waals surface area contributed by atoms with E-state index in [0.29, 0.717) is 28.7 Å². The van der Waals surface area contributed by atoms with Gasteiger partial charge in [0.2, 0.25) is 5.75 Å². The normalized spacial score (nSPS) is 12.9. The molecule has 0 fully saturated rings. The van der Waals surface area contributed by atoms with Gasteiger partial charge in [0.05, 0.1) is 34.1 Å². The predicted molar refractivity (Wildman–Crippen MR) is 98.9 cm³/mol. The molecule has 1 aliphatic carbocycles. The molecule has 1 aliphatic rings. The van der Waals surface area contributed by atoms with Gasteiger partial charge in [-0.15, -0.1) is 0 Å². The molecule has 5 heteroatoms. The number of allylic oxidation sites excluding steroid dienone is 1. The monoisotopic (exact) mass is 341 g/mol. The van der Waals surface area contributed by atoms with E-state index in [1.165, 1.54) is 5.56 Å². The second kappa shape index (κ2) is 6.97. The molecule has 5 nitrogen and oxygen atoms in total. The largest absolute Gasteiger partial charge is 0.495 e. The Morgan fingerprint density at radius 2 is 1.44 bits per heavy atom. The van der Waals surface area contributed by atoms with Crippen LogP contribution in [0.1, 0.15) is 23.1 Å². The third kappa shape index (κ3) is 2.97. The predicted octanol–water partition coefficient (Wildman–Crippen LogP) is 3.68. The zero-order valence-electron chi connectivity index (χ0n) is 15.0. The molecule has 132 valence electrons. The molecule has 3 rings (SSSR count). The summed E-state index contributed by atoms with van der Waals surface area (Å²) >= 11 is 0. The van der Waals surface area contributed by atoms with Crippen molar-refractivity contribution in [1.82, 2.24) is 0 Å². The highest BCUT2D eigenvalue weighted by molar-refractivity contribution is 5.86. The molecule has 0 aliphatic heterocycles. The van der Waals surface area contributed by atoms with Crippen molar-refractivity contribution < 1.29 is 18.9 Å². The molecule has 0 heterocycles. The van der Waals surface area contributed by atoms with Crippen LogP contribution >= 0.6 is 0 Å².